The van der Waals surface area contributed by atoms with Gasteiger partial charge in [-0.1, -0.05) is 30.0 Å². The molecule has 1 amide bonds. The molecule has 9 heteroatoms. The molecule has 170 valence electrons. The normalized spacial score (nSPS) is 10.7. The van der Waals surface area contributed by atoms with E-state index in [4.69, 9.17) is 9.47 Å². The number of carbonyl (C=O) groups excluding carboxylic acids is 1. The van der Waals surface area contributed by atoms with Crippen LogP contribution in [0.15, 0.2) is 71.2 Å². The first-order valence-electron chi connectivity index (χ1n) is 10.4. The smallest absolute Gasteiger partial charge is 0.230 e. The zero-order chi connectivity index (χ0) is 23.0. The highest BCUT2D eigenvalue weighted by Crippen LogP contribution is 2.30. The molecule has 2 aromatic heterocycles. The topological polar surface area (TPSA) is 78.3 Å². The van der Waals surface area contributed by atoms with Crippen molar-refractivity contribution in [2.75, 3.05) is 19.5 Å². The summed E-state index contributed by atoms with van der Waals surface area (Å²) in [5, 5.41) is 14.4. The summed E-state index contributed by atoms with van der Waals surface area (Å²) in [7, 11) is 1.63. The van der Waals surface area contributed by atoms with Crippen molar-refractivity contribution >= 4 is 29.0 Å². The summed E-state index contributed by atoms with van der Waals surface area (Å²) in [4.78, 5) is 13.5. The molecule has 0 saturated carbocycles. The molecule has 2 aromatic carbocycles. The van der Waals surface area contributed by atoms with Gasteiger partial charge in [0.15, 0.2) is 11.0 Å². The van der Waals surface area contributed by atoms with Crippen LogP contribution in [0.2, 0.25) is 0 Å². The zero-order valence-corrected chi connectivity index (χ0v) is 20.0. The Morgan fingerprint density at radius 2 is 1.94 bits per heavy atom. The number of benzene rings is 2. The number of nitrogens with one attached hydrogen (secondary N) is 1. The molecule has 0 bridgehead atoms. The van der Waals surface area contributed by atoms with Crippen LogP contribution in [-0.4, -0.2) is 40.1 Å². The molecule has 7 nitrogen and oxygen atoms in total. The van der Waals surface area contributed by atoms with Crippen molar-refractivity contribution in [3.05, 3.63) is 70.9 Å². The summed E-state index contributed by atoms with van der Waals surface area (Å²) in [5.41, 5.74) is 1.74. The van der Waals surface area contributed by atoms with Gasteiger partial charge in [0, 0.05) is 16.1 Å². The molecule has 0 saturated heterocycles. The highest BCUT2D eigenvalue weighted by molar-refractivity contribution is 7.99. The minimum absolute atomic E-state index is 0.0578. The van der Waals surface area contributed by atoms with Gasteiger partial charge in [0.2, 0.25) is 5.91 Å². The molecule has 0 unspecified atom stereocenters. The van der Waals surface area contributed by atoms with E-state index in [9.17, 15) is 4.79 Å². The molecule has 0 spiro atoms. The Morgan fingerprint density at radius 3 is 2.67 bits per heavy atom. The predicted octanol–water partition coefficient (Wildman–Crippen LogP) is 4.81. The van der Waals surface area contributed by atoms with Crippen LogP contribution in [0.5, 0.6) is 11.5 Å². The van der Waals surface area contributed by atoms with Crippen LogP contribution in [0.3, 0.4) is 0 Å². The largest absolute Gasteiger partial charge is 0.497 e. The molecule has 0 aliphatic carbocycles. The number of thioether (sulfide) groups is 1. The second kappa shape index (κ2) is 11.0. The number of ether oxygens (including phenoxy) is 2. The summed E-state index contributed by atoms with van der Waals surface area (Å²) in [6.07, 6.45) is 0. The van der Waals surface area contributed by atoms with Crippen LogP contribution in [0.25, 0.3) is 17.1 Å². The van der Waals surface area contributed by atoms with Crippen molar-refractivity contribution < 1.29 is 14.3 Å². The minimum Gasteiger partial charge on any atom is -0.497 e. The Hall–Kier alpha value is -3.30. The van der Waals surface area contributed by atoms with Gasteiger partial charge in [0.05, 0.1) is 26.0 Å². The van der Waals surface area contributed by atoms with Crippen molar-refractivity contribution in [3.8, 4) is 28.6 Å². The molecule has 2 heterocycles. The summed E-state index contributed by atoms with van der Waals surface area (Å²) < 4.78 is 12.9. The molecule has 0 atom stereocenters. The maximum absolute atomic E-state index is 12.4. The minimum atomic E-state index is -0.0578. The molecular weight excluding hydrogens is 456 g/mol. The van der Waals surface area contributed by atoms with Crippen molar-refractivity contribution in [2.24, 2.45) is 0 Å². The van der Waals surface area contributed by atoms with Crippen LogP contribution in [-0.2, 0) is 11.3 Å². The van der Waals surface area contributed by atoms with Crippen LogP contribution in [0, 0.1) is 0 Å². The van der Waals surface area contributed by atoms with Crippen molar-refractivity contribution in [1.29, 1.82) is 0 Å². The third kappa shape index (κ3) is 5.74. The average molecular weight is 481 g/mol. The van der Waals surface area contributed by atoms with Gasteiger partial charge in [-0.25, -0.2) is 0 Å². The maximum Gasteiger partial charge on any atom is 0.230 e. The summed E-state index contributed by atoms with van der Waals surface area (Å²) in [6, 6.07) is 19.4. The van der Waals surface area contributed by atoms with E-state index in [1.165, 1.54) is 11.8 Å². The van der Waals surface area contributed by atoms with Crippen LogP contribution in [0.1, 0.15) is 11.8 Å². The lowest BCUT2D eigenvalue weighted by molar-refractivity contribution is -0.118. The quantitative estimate of drug-likeness (QED) is 0.328. The van der Waals surface area contributed by atoms with Crippen LogP contribution >= 0.6 is 23.1 Å². The van der Waals surface area contributed by atoms with Gasteiger partial charge in [-0.2, -0.15) is 0 Å². The molecule has 4 rings (SSSR count). The highest BCUT2D eigenvalue weighted by atomic mass is 32.2. The fraction of sp³-hybridized carbons (Fsp3) is 0.208. The molecule has 0 aliphatic heterocycles. The lowest BCUT2D eigenvalue weighted by Gasteiger charge is -2.12. The number of nitrogens with zero attached hydrogens (tertiary/aromatic N) is 3. The third-order valence-electron chi connectivity index (χ3n) is 4.74. The van der Waals surface area contributed by atoms with Crippen molar-refractivity contribution in [3.63, 3.8) is 0 Å². The van der Waals surface area contributed by atoms with Gasteiger partial charge >= 0.3 is 0 Å². The van der Waals surface area contributed by atoms with Crippen LogP contribution in [0.4, 0.5) is 0 Å². The third-order valence-corrected chi connectivity index (χ3v) is 6.54. The predicted molar refractivity (Wildman–Crippen MR) is 131 cm³/mol. The van der Waals surface area contributed by atoms with Gasteiger partial charge in [-0.3, -0.25) is 9.36 Å². The first kappa shape index (κ1) is 22.9. The number of thiophene rings is 1. The van der Waals surface area contributed by atoms with E-state index in [2.05, 4.69) is 15.5 Å². The summed E-state index contributed by atoms with van der Waals surface area (Å²) in [5.74, 6) is 2.37. The van der Waals surface area contributed by atoms with Crippen LogP contribution < -0.4 is 14.8 Å². The first-order chi connectivity index (χ1) is 16.2. The van der Waals surface area contributed by atoms with Gasteiger partial charge in [-0.15, -0.1) is 21.5 Å². The summed E-state index contributed by atoms with van der Waals surface area (Å²) in [6.45, 7) is 3.08. The first-order valence-corrected chi connectivity index (χ1v) is 12.3. The van der Waals surface area contributed by atoms with E-state index in [0.717, 1.165) is 27.6 Å². The maximum atomic E-state index is 12.4. The monoisotopic (exact) mass is 480 g/mol. The number of rotatable bonds is 10. The average Bonchev–Trinajstić information content (AvgIpc) is 3.52. The van der Waals surface area contributed by atoms with E-state index >= 15 is 0 Å². The SMILES string of the molecule is CCOc1ccc(-n2c(SCC(=O)NCc3cccs3)nnc2-c2cccc(OC)c2)cc1. The van der Waals surface area contributed by atoms with Gasteiger partial charge in [-0.05, 0) is 54.8 Å². The number of hydrogen-bond acceptors (Lipinski definition) is 7. The zero-order valence-electron chi connectivity index (χ0n) is 18.4. The van der Waals surface area contributed by atoms with Gasteiger partial charge in [0.1, 0.15) is 11.5 Å². The van der Waals surface area contributed by atoms with Gasteiger partial charge in [0.25, 0.3) is 0 Å². The molecule has 1 N–H and O–H groups in total. The Bertz CT molecular complexity index is 1190. The number of carbonyl (C=O) groups is 1. The van der Waals surface area contributed by atoms with E-state index in [0.29, 0.717) is 24.1 Å². The Balaban J connectivity index is 1.59. The lowest BCUT2D eigenvalue weighted by atomic mass is 10.2. The summed E-state index contributed by atoms with van der Waals surface area (Å²) >= 11 is 2.96. The second-order valence-corrected chi connectivity index (χ2v) is 8.92. The van der Waals surface area contributed by atoms with Gasteiger partial charge < -0.3 is 14.8 Å². The standard InChI is InChI=1S/C24H24N4O3S2/c1-3-31-19-11-9-18(10-12-19)28-23(17-6-4-7-20(14-17)30-2)26-27-24(28)33-16-22(29)25-15-21-8-5-13-32-21/h4-14H,3,15-16H2,1-2H3,(H,25,29). The molecular formula is C24H24N4O3S2. The Kier molecular flexibility index (Phi) is 7.64. The number of hydrogen-bond donors (Lipinski definition) is 1. The second-order valence-electron chi connectivity index (χ2n) is 6.95. The van der Waals surface area contributed by atoms with E-state index in [1.807, 2.05) is 77.5 Å². The molecule has 4 aromatic rings. The lowest BCUT2D eigenvalue weighted by Crippen LogP contribution is -2.24. The molecule has 0 radical (unpaired) electrons. The van der Waals surface area contributed by atoms with E-state index < -0.39 is 0 Å². The fourth-order valence-corrected chi connectivity index (χ4v) is 4.61. The Labute approximate surface area is 200 Å². The van der Waals surface area contributed by atoms with E-state index in [-0.39, 0.29) is 11.7 Å². The van der Waals surface area contributed by atoms with Crippen molar-refractivity contribution in [2.45, 2.75) is 18.6 Å². The molecule has 0 aliphatic rings. The fourth-order valence-electron chi connectivity index (χ4n) is 3.18. The van der Waals surface area contributed by atoms with Crippen molar-refractivity contribution in [1.82, 2.24) is 20.1 Å². The number of methoxy groups -OCH3 is 1. The number of aromatic nitrogens is 3. The number of amides is 1. The highest BCUT2D eigenvalue weighted by Gasteiger charge is 2.18. The Morgan fingerprint density at radius 1 is 1.09 bits per heavy atom. The molecule has 33 heavy (non-hydrogen) atoms. The molecule has 0 fully saturated rings. The van der Waals surface area contributed by atoms with E-state index in [1.54, 1.807) is 18.4 Å².